The van der Waals surface area contributed by atoms with Crippen LogP contribution in [0.2, 0.25) is 0 Å². The zero-order valence-corrected chi connectivity index (χ0v) is 16.3. The van der Waals surface area contributed by atoms with Crippen molar-refractivity contribution >= 4 is 10.9 Å². The number of rotatable bonds is 8. The monoisotopic (exact) mass is 365 g/mol. The third-order valence-corrected chi connectivity index (χ3v) is 5.02. The predicted octanol–water partition coefficient (Wildman–Crippen LogP) is 3.34. The van der Waals surface area contributed by atoms with Crippen LogP contribution in [0, 0.1) is 0 Å². The highest BCUT2D eigenvalue weighted by Gasteiger charge is 2.14. The Morgan fingerprint density at radius 1 is 1.04 bits per heavy atom. The Balaban J connectivity index is 2.06. The lowest BCUT2D eigenvalue weighted by atomic mass is 10.1. The second-order valence-corrected chi connectivity index (χ2v) is 6.52. The molecule has 0 spiro atoms. The summed E-state index contributed by atoms with van der Waals surface area (Å²) in [6.07, 6.45) is 0.558. The van der Waals surface area contributed by atoms with Crippen LogP contribution in [0.15, 0.2) is 53.3 Å². The van der Waals surface area contributed by atoms with E-state index in [1.807, 2.05) is 53.1 Å². The number of nitrogens with zero attached hydrogens (tertiary/aromatic N) is 3. The lowest BCUT2D eigenvalue weighted by molar-refractivity contribution is 0.287. The number of methoxy groups -OCH3 is 1. The van der Waals surface area contributed by atoms with Crippen molar-refractivity contribution in [2.24, 2.45) is 0 Å². The largest absolute Gasteiger partial charge is 0.496 e. The Morgan fingerprint density at radius 2 is 1.74 bits per heavy atom. The van der Waals surface area contributed by atoms with Gasteiger partial charge in [0, 0.05) is 25.1 Å². The van der Waals surface area contributed by atoms with E-state index >= 15 is 0 Å². The molecule has 0 aliphatic carbocycles. The maximum atomic E-state index is 13.2. The smallest absolute Gasteiger partial charge is 0.261 e. The topological polar surface area (TPSA) is 47.4 Å². The summed E-state index contributed by atoms with van der Waals surface area (Å²) in [4.78, 5) is 20.3. The fraction of sp³-hybridized carbons (Fsp3) is 0.364. The van der Waals surface area contributed by atoms with E-state index < -0.39 is 0 Å². The van der Waals surface area contributed by atoms with Crippen LogP contribution in [0.1, 0.15) is 25.2 Å². The zero-order valence-electron chi connectivity index (χ0n) is 16.3. The number of aromatic nitrogens is 2. The molecule has 5 heteroatoms. The molecule has 0 fully saturated rings. The van der Waals surface area contributed by atoms with Crippen molar-refractivity contribution in [2.75, 3.05) is 26.7 Å². The minimum Gasteiger partial charge on any atom is -0.496 e. The lowest BCUT2D eigenvalue weighted by Crippen LogP contribution is -2.33. The van der Waals surface area contributed by atoms with Gasteiger partial charge in [-0.3, -0.25) is 9.36 Å². The highest BCUT2D eigenvalue weighted by atomic mass is 16.5. The minimum absolute atomic E-state index is 0.0256. The molecule has 3 rings (SSSR count). The molecule has 0 bridgehead atoms. The van der Waals surface area contributed by atoms with E-state index in [0.29, 0.717) is 18.4 Å². The van der Waals surface area contributed by atoms with Gasteiger partial charge < -0.3 is 9.64 Å². The number of ether oxygens (including phenoxy) is 1. The SMILES string of the molecule is CCN(CC)CCn1c(Cc2ccccc2OC)nc2ccccc2c1=O. The molecule has 0 unspecified atom stereocenters. The number of fused-ring (bicyclic) bond motifs is 1. The Hall–Kier alpha value is -2.66. The fourth-order valence-corrected chi connectivity index (χ4v) is 3.38. The highest BCUT2D eigenvalue weighted by molar-refractivity contribution is 5.77. The Kier molecular flexibility index (Phi) is 6.24. The van der Waals surface area contributed by atoms with Gasteiger partial charge >= 0.3 is 0 Å². The molecule has 27 heavy (non-hydrogen) atoms. The molecule has 0 saturated heterocycles. The van der Waals surface area contributed by atoms with Gasteiger partial charge in [0.15, 0.2) is 0 Å². The third kappa shape index (κ3) is 4.19. The standard InChI is InChI=1S/C22H27N3O2/c1-4-24(5-2)14-15-25-21(16-17-10-6-9-13-20(17)27-3)23-19-12-8-7-11-18(19)22(25)26/h6-13H,4-5,14-16H2,1-3H3. The molecule has 1 aromatic heterocycles. The first-order valence-corrected chi connectivity index (χ1v) is 9.50. The molecule has 5 nitrogen and oxygen atoms in total. The van der Waals surface area contributed by atoms with Crippen LogP contribution in [-0.2, 0) is 13.0 Å². The van der Waals surface area contributed by atoms with Crippen molar-refractivity contribution in [1.29, 1.82) is 0 Å². The van der Waals surface area contributed by atoms with Crippen LogP contribution in [0.25, 0.3) is 10.9 Å². The van der Waals surface area contributed by atoms with Crippen LogP contribution in [-0.4, -0.2) is 41.2 Å². The molecular formula is C22H27N3O2. The molecule has 0 aliphatic rings. The van der Waals surface area contributed by atoms with Gasteiger partial charge in [-0.1, -0.05) is 44.2 Å². The van der Waals surface area contributed by atoms with E-state index in [1.54, 1.807) is 7.11 Å². The van der Waals surface area contributed by atoms with Gasteiger partial charge in [-0.15, -0.1) is 0 Å². The average Bonchev–Trinajstić information content (AvgIpc) is 2.71. The first-order valence-electron chi connectivity index (χ1n) is 9.50. The molecule has 142 valence electrons. The molecule has 2 aromatic carbocycles. The molecule has 3 aromatic rings. The molecule has 0 atom stereocenters. The second-order valence-electron chi connectivity index (χ2n) is 6.52. The van der Waals surface area contributed by atoms with Gasteiger partial charge in [0.25, 0.3) is 5.56 Å². The van der Waals surface area contributed by atoms with E-state index in [2.05, 4.69) is 18.7 Å². The average molecular weight is 365 g/mol. The third-order valence-electron chi connectivity index (χ3n) is 5.02. The van der Waals surface area contributed by atoms with Crippen molar-refractivity contribution in [3.05, 3.63) is 70.3 Å². The van der Waals surface area contributed by atoms with Crippen molar-refractivity contribution in [3.8, 4) is 5.75 Å². The van der Waals surface area contributed by atoms with E-state index in [0.717, 1.165) is 42.3 Å². The first kappa shape index (κ1) is 19.1. The Labute approximate surface area is 160 Å². The van der Waals surface area contributed by atoms with Crippen molar-refractivity contribution < 1.29 is 4.74 Å². The fourth-order valence-electron chi connectivity index (χ4n) is 3.38. The second kappa shape index (κ2) is 8.82. The number of benzene rings is 2. The zero-order chi connectivity index (χ0) is 19.2. The maximum absolute atomic E-state index is 13.2. The molecule has 0 aliphatic heterocycles. The van der Waals surface area contributed by atoms with Gasteiger partial charge in [-0.05, 0) is 31.3 Å². The molecule has 0 radical (unpaired) electrons. The predicted molar refractivity (Wildman–Crippen MR) is 110 cm³/mol. The summed E-state index contributed by atoms with van der Waals surface area (Å²) in [5.41, 5.74) is 1.79. The molecular weight excluding hydrogens is 338 g/mol. The van der Waals surface area contributed by atoms with E-state index in [1.165, 1.54) is 0 Å². The summed E-state index contributed by atoms with van der Waals surface area (Å²) in [5, 5.41) is 0.667. The molecule has 0 amide bonds. The number of hydrogen-bond donors (Lipinski definition) is 0. The van der Waals surface area contributed by atoms with Gasteiger partial charge in [0.2, 0.25) is 0 Å². The van der Waals surface area contributed by atoms with E-state index in [-0.39, 0.29) is 5.56 Å². The summed E-state index contributed by atoms with van der Waals surface area (Å²) in [6, 6.07) is 15.5. The van der Waals surface area contributed by atoms with E-state index in [4.69, 9.17) is 9.72 Å². The Morgan fingerprint density at radius 3 is 2.48 bits per heavy atom. The van der Waals surface area contributed by atoms with Crippen molar-refractivity contribution in [2.45, 2.75) is 26.8 Å². The van der Waals surface area contributed by atoms with Gasteiger partial charge in [-0.2, -0.15) is 0 Å². The van der Waals surface area contributed by atoms with Crippen LogP contribution < -0.4 is 10.3 Å². The van der Waals surface area contributed by atoms with Crippen molar-refractivity contribution in [3.63, 3.8) is 0 Å². The van der Waals surface area contributed by atoms with Crippen LogP contribution >= 0.6 is 0 Å². The molecule has 0 saturated carbocycles. The summed E-state index contributed by atoms with van der Waals surface area (Å²) in [6.45, 7) is 7.66. The van der Waals surface area contributed by atoms with Crippen LogP contribution in [0.4, 0.5) is 0 Å². The summed E-state index contributed by atoms with van der Waals surface area (Å²) >= 11 is 0. The number of para-hydroxylation sites is 2. The lowest BCUT2D eigenvalue weighted by Gasteiger charge is -2.20. The summed E-state index contributed by atoms with van der Waals surface area (Å²) in [5.74, 6) is 1.59. The van der Waals surface area contributed by atoms with Gasteiger partial charge in [0.1, 0.15) is 11.6 Å². The van der Waals surface area contributed by atoms with Gasteiger partial charge in [-0.25, -0.2) is 4.98 Å². The van der Waals surface area contributed by atoms with Crippen molar-refractivity contribution in [1.82, 2.24) is 14.5 Å². The summed E-state index contributed by atoms with van der Waals surface area (Å²) < 4.78 is 7.31. The van der Waals surface area contributed by atoms with Crippen LogP contribution in [0.5, 0.6) is 5.75 Å². The van der Waals surface area contributed by atoms with Gasteiger partial charge in [0.05, 0.1) is 18.0 Å². The Bertz CT molecular complexity index is 961. The quantitative estimate of drug-likeness (QED) is 0.614. The summed E-state index contributed by atoms with van der Waals surface area (Å²) in [7, 11) is 1.67. The number of likely N-dealkylation sites (N-methyl/N-ethyl adjacent to an activating group) is 1. The molecule has 1 heterocycles. The highest BCUT2D eigenvalue weighted by Crippen LogP contribution is 2.21. The number of hydrogen-bond acceptors (Lipinski definition) is 4. The molecule has 0 N–H and O–H groups in total. The van der Waals surface area contributed by atoms with E-state index in [9.17, 15) is 4.79 Å². The minimum atomic E-state index is 0.0256. The normalized spacial score (nSPS) is 11.3. The first-order chi connectivity index (χ1) is 13.2. The maximum Gasteiger partial charge on any atom is 0.261 e. The van der Waals surface area contributed by atoms with Crippen LogP contribution in [0.3, 0.4) is 0 Å².